The molecule has 0 unspecified atom stereocenters. The molecule has 0 aliphatic carbocycles. The number of aromatic nitrogens is 2. The normalized spacial score (nSPS) is 10.9. The maximum atomic E-state index is 8.49. The fourth-order valence-electron chi connectivity index (χ4n) is 0.730. The van der Waals surface area contributed by atoms with Crippen molar-refractivity contribution in [3.8, 4) is 0 Å². The summed E-state index contributed by atoms with van der Waals surface area (Å²) < 4.78 is 36.0. The highest BCUT2D eigenvalue weighted by Crippen LogP contribution is 1.97. The second-order valence-electron chi connectivity index (χ2n) is 2.09. The molecule has 0 atom stereocenters. The van der Waals surface area contributed by atoms with Gasteiger partial charge in [0.1, 0.15) is 18.6 Å². The van der Waals surface area contributed by atoms with Gasteiger partial charge < -0.3 is 0 Å². The van der Waals surface area contributed by atoms with Gasteiger partial charge in [-0.05, 0) is 4.98 Å². The first-order valence-corrected chi connectivity index (χ1v) is 5.39. The van der Waals surface area contributed by atoms with Crippen molar-refractivity contribution in [3.63, 3.8) is 0 Å². The van der Waals surface area contributed by atoms with E-state index in [1.165, 1.54) is 0 Å². The first-order valence-electron chi connectivity index (χ1n) is 3.28. The monoisotopic (exact) mass is 236 g/mol. The van der Waals surface area contributed by atoms with E-state index in [4.69, 9.17) is 18.6 Å². The Balaban J connectivity index is 0.000000171. The van der Waals surface area contributed by atoms with Crippen LogP contribution in [0.2, 0.25) is 0 Å². The van der Waals surface area contributed by atoms with E-state index in [0.717, 1.165) is 4.96 Å². The van der Waals surface area contributed by atoms with Crippen molar-refractivity contribution in [2.24, 2.45) is 0 Å². The van der Waals surface area contributed by atoms with Crippen molar-refractivity contribution >= 4 is 16.3 Å². The van der Waals surface area contributed by atoms with Gasteiger partial charge in [-0.3, -0.25) is 0 Å². The number of fused-ring (bicyclic) bond motifs is 1. The summed E-state index contributed by atoms with van der Waals surface area (Å²) in [6, 6.07) is 1.92. The van der Waals surface area contributed by atoms with Gasteiger partial charge in [-0.25, -0.2) is 18.6 Å². The minimum absolute atomic E-state index is 1.04. The van der Waals surface area contributed by atoms with Crippen LogP contribution in [0, 0.1) is 10.2 Å². The molecule has 0 saturated carbocycles. The Hall–Kier alpha value is -0.830. The number of thiazole rings is 1. The van der Waals surface area contributed by atoms with E-state index >= 15 is 0 Å². The van der Waals surface area contributed by atoms with Gasteiger partial charge in [-0.2, -0.15) is 4.40 Å². The van der Waals surface area contributed by atoms with Gasteiger partial charge in [-0.15, -0.1) is 10.2 Å². The quantitative estimate of drug-likeness (QED) is 0.435. The van der Waals surface area contributed by atoms with Crippen molar-refractivity contribution in [1.29, 1.82) is 0 Å². The number of nitrogens with zero attached hydrogens (tertiary/aromatic N) is 2. The van der Waals surface area contributed by atoms with Gasteiger partial charge in [0.15, 0.2) is 0 Å². The predicted octanol–water partition coefficient (Wildman–Crippen LogP) is -3.87. The molecule has 6 nitrogen and oxygen atoms in total. The zero-order valence-electron chi connectivity index (χ0n) is 6.70. The van der Waals surface area contributed by atoms with Crippen molar-refractivity contribution in [1.82, 2.24) is 4.98 Å². The Bertz CT molecular complexity index is 366. The molecule has 0 saturated heterocycles. The molecular weight excluding hydrogens is 232 g/mol. The Morgan fingerprint density at radius 2 is 1.86 bits per heavy atom. The predicted molar refractivity (Wildman–Crippen MR) is 35.3 cm³/mol. The Kier molecular flexibility index (Phi) is 3.69. The molecule has 2 rings (SSSR count). The second kappa shape index (κ2) is 4.60. The highest BCUT2D eigenvalue weighted by Gasteiger charge is 1.98. The molecule has 0 bridgehead atoms. The summed E-state index contributed by atoms with van der Waals surface area (Å²) in [5.41, 5.74) is 0. The van der Waals surface area contributed by atoms with Crippen molar-refractivity contribution in [3.05, 3.63) is 30.0 Å². The molecule has 2 aromatic rings. The molecule has 76 valence electrons. The molecule has 0 aliphatic rings. The Morgan fingerprint density at radius 1 is 1.21 bits per heavy atom. The molecule has 0 radical (unpaired) electrons. The smallest absolute Gasteiger partial charge is 0.222 e. The van der Waals surface area contributed by atoms with E-state index in [2.05, 4.69) is 4.98 Å². The average Bonchev–Trinajstić information content (AvgIpc) is 2.47. The van der Waals surface area contributed by atoms with Gasteiger partial charge >= 0.3 is 4.96 Å². The average molecular weight is 237 g/mol. The third-order valence-electron chi connectivity index (χ3n) is 1.13. The standard InChI is InChI=1S/C6H5N2S.ClHO4/c1-2-7-6-8(3-1)4-5-9-6;2-1(3,4)5/h1-5H;(H,2,3,4,5)/q+1;/p-1. The van der Waals surface area contributed by atoms with Crippen LogP contribution in [0.1, 0.15) is 0 Å². The number of hydrogen-bond donors (Lipinski definition) is 0. The largest absolute Gasteiger partial charge is 0.386 e. The van der Waals surface area contributed by atoms with E-state index in [-0.39, 0.29) is 0 Å². The lowest BCUT2D eigenvalue weighted by molar-refractivity contribution is -2.00. The molecule has 0 aliphatic heterocycles. The van der Waals surface area contributed by atoms with Crippen LogP contribution in [0.3, 0.4) is 0 Å². The summed E-state index contributed by atoms with van der Waals surface area (Å²) in [5, 5.41) is 2.02. The molecule has 0 aromatic carbocycles. The van der Waals surface area contributed by atoms with Crippen molar-refractivity contribution in [2.45, 2.75) is 0 Å². The van der Waals surface area contributed by atoms with Gasteiger partial charge in [0.2, 0.25) is 0 Å². The molecule has 0 spiro atoms. The summed E-state index contributed by atoms with van der Waals surface area (Å²) in [4.78, 5) is 5.16. The van der Waals surface area contributed by atoms with Gasteiger partial charge in [0, 0.05) is 11.4 Å². The summed E-state index contributed by atoms with van der Waals surface area (Å²) in [5.74, 6) is 0. The molecule has 0 fully saturated rings. The first-order chi connectivity index (χ1) is 6.47. The molecule has 0 N–H and O–H groups in total. The second-order valence-corrected chi connectivity index (χ2v) is 3.72. The minimum atomic E-state index is -4.94. The molecule has 2 aromatic heterocycles. The highest BCUT2D eigenvalue weighted by molar-refractivity contribution is 7.14. The molecular formula is C6H5ClN2O4S. The number of halogens is 1. The van der Waals surface area contributed by atoms with E-state index in [1.54, 1.807) is 17.5 Å². The Morgan fingerprint density at radius 3 is 2.43 bits per heavy atom. The zero-order chi connectivity index (χ0) is 10.6. The van der Waals surface area contributed by atoms with Gasteiger partial charge in [-0.1, -0.05) is 11.3 Å². The van der Waals surface area contributed by atoms with Crippen LogP contribution in [0.25, 0.3) is 4.96 Å². The summed E-state index contributed by atoms with van der Waals surface area (Å²) >= 11 is 1.64. The van der Waals surface area contributed by atoms with Crippen LogP contribution in [-0.2, 0) is 0 Å². The first kappa shape index (κ1) is 11.2. The lowest BCUT2D eigenvalue weighted by atomic mass is 10.7. The van der Waals surface area contributed by atoms with Gasteiger partial charge in [0.05, 0.1) is 0 Å². The summed E-state index contributed by atoms with van der Waals surface area (Å²) in [6.45, 7) is 0. The van der Waals surface area contributed by atoms with Crippen LogP contribution in [0.4, 0.5) is 0 Å². The number of rotatable bonds is 0. The topological polar surface area (TPSA) is 109 Å². The third-order valence-corrected chi connectivity index (χ3v) is 1.92. The minimum Gasteiger partial charge on any atom is -0.222 e. The fraction of sp³-hybridized carbons (Fsp3) is 0. The van der Waals surface area contributed by atoms with E-state index in [0.29, 0.717) is 0 Å². The van der Waals surface area contributed by atoms with Crippen molar-refractivity contribution < 1.29 is 33.3 Å². The zero-order valence-corrected chi connectivity index (χ0v) is 8.27. The van der Waals surface area contributed by atoms with Crippen LogP contribution in [0.15, 0.2) is 30.0 Å². The van der Waals surface area contributed by atoms with E-state index in [9.17, 15) is 0 Å². The van der Waals surface area contributed by atoms with Crippen LogP contribution < -0.4 is 23.0 Å². The fourth-order valence-corrected chi connectivity index (χ4v) is 1.41. The SMILES string of the molecule is [O-][Cl+3]([O-])([O-])[O-].c1cnc2scc[n+]2c1. The molecule has 8 heteroatoms. The Labute approximate surface area is 85.1 Å². The van der Waals surface area contributed by atoms with Gasteiger partial charge in [0.25, 0.3) is 0 Å². The maximum Gasteiger partial charge on any atom is 0.386 e. The maximum absolute atomic E-state index is 8.49. The van der Waals surface area contributed by atoms with Crippen LogP contribution >= 0.6 is 11.3 Å². The van der Waals surface area contributed by atoms with Crippen LogP contribution in [-0.4, -0.2) is 4.98 Å². The highest BCUT2D eigenvalue weighted by atomic mass is 35.7. The molecule has 0 amide bonds. The van der Waals surface area contributed by atoms with E-state index in [1.807, 2.05) is 28.2 Å². The molecule has 2 heterocycles. The lowest BCUT2D eigenvalue weighted by Gasteiger charge is -2.17. The lowest BCUT2D eigenvalue weighted by Crippen LogP contribution is -2.68. The van der Waals surface area contributed by atoms with Crippen molar-refractivity contribution in [2.75, 3.05) is 0 Å². The third kappa shape index (κ3) is 4.42. The summed E-state index contributed by atoms with van der Waals surface area (Å²) in [6.07, 6.45) is 5.78. The number of hydrogen-bond acceptors (Lipinski definition) is 6. The van der Waals surface area contributed by atoms with E-state index < -0.39 is 10.2 Å². The van der Waals surface area contributed by atoms with Crippen LogP contribution in [0.5, 0.6) is 0 Å². The molecule has 14 heavy (non-hydrogen) atoms. The summed E-state index contributed by atoms with van der Waals surface area (Å²) in [7, 11) is -4.94.